The molecule has 2 nitrogen and oxygen atoms in total. The number of hydrogen-bond donors (Lipinski definition) is 0. The van der Waals surface area contributed by atoms with E-state index in [2.05, 4.69) is 13.5 Å². The second kappa shape index (κ2) is 3.99. The fourth-order valence-electron chi connectivity index (χ4n) is 3.22. The van der Waals surface area contributed by atoms with Crippen LogP contribution in [0.2, 0.25) is 0 Å². The molecule has 4 unspecified atom stereocenters. The Morgan fingerprint density at radius 1 is 1.33 bits per heavy atom. The molecule has 2 bridgehead atoms. The van der Waals surface area contributed by atoms with Crippen molar-refractivity contribution < 1.29 is 9.53 Å². The van der Waals surface area contributed by atoms with Gasteiger partial charge in [0.1, 0.15) is 6.10 Å². The first kappa shape index (κ1) is 10.7. The van der Waals surface area contributed by atoms with Gasteiger partial charge in [-0.15, -0.1) is 0 Å². The summed E-state index contributed by atoms with van der Waals surface area (Å²) in [5.41, 5.74) is 0.518. The Morgan fingerprint density at radius 3 is 2.53 bits per heavy atom. The van der Waals surface area contributed by atoms with Gasteiger partial charge in [-0.1, -0.05) is 19.9 Å². The van der Waals surface area contributed by atoms with Crippen molar-refractivity contribution in [3.8, 4) is 0 Å². The fourth-order valence-corrected chi connectivity index (χ4v) is 3.22. The lowest BCUT2D eigenvalue weighted by molar-refractivity contribution is -0.147. The van der Waals surface area contributed by atoms with Crippen molar-refractivity contribution in [3.05, 3.63) is 12.2 Å². The molecule has 2 aliphatic rings. The predicted octanol–water partition coefficient (Wildman–Crippen LogP) is 2.93. The molecule has 0 aromatic heterocycles. The van der Waals surface area contributed by atoms with Crippen molar-refractivity contribution in [3.63, 3.8) is 0 Å². The third-order valence-electron chi connectivity index (χ3n) is 4.07. The van der Waals surface area contributed by atoms with Gasteiger partial charge in [0.05, 0.1) is 0 Å². The molecule has 0 aliphatic heterocycles. The quantitative estimate of drug-likeness (QED) is 0.526. The molecular formula is C13H20O2. The van der Waals surface area contributed by atoms with Crippen LogP contribution in [0.3, 0.4) is 0 Å². The number of hydrogen-bond acceptors (Lipinski definition) is 2. The largest absolute Gasteiger partial charge is 0.459 e. The fraction of sp³-hybridized carbons (Fsp3) is 0.769. The smallest absolute Gasteiger partial charge is 0.333 e. The summed E-state index contributed by atoms with van der Waals surface area (Å²) in [6.45, 7) is 7.59. The highest BCUT2D eigenvalue weighted by atomic mass is 16.5. The van der Waals surface area contributed by atoms with E-state index in [0.717, 1.165) is 18.3 Å². The monoisotopic (exact) mass is 208 g/mol. The maximum absolute atomic E-state index is 11.4. The molecule has 0 heterocycles. The minimum absolute atomic E-state index is 0.182. The SMILES string of the molecule is C=C(C)C(=O)OC1CC2CC1CC2CC. The van der Waals surface area contributed by atoms with Gasteiger partial charge < -0.3 is 4.74 Å². The average molecular weight is 208 g/mol. The minimum atomic E-state index is -0.208. The maximum Gasteiger partial charge on any atom is 0.333 e. The average Bonchev–Trinajstić information content (AvgIpc) is 2.75. The summed E-state index contributed by atoms with van der Waals surface area (Å²) in [7, 11) is 0. The topological polar surface area (TPSA) is 26.3 Å². The molecule has 4 atom stereocenters. The van der Waals surface area contributed by atoms with Crippen molar-refractivity contribution in [2.24, 2.45) is 17.8 Å². The molecule has 2 rings (SSSR count). The highest BCUT2D eigenvalue weighted by Crippen LogP contribution is 2.50. The highest BCUT2D eigenvalue weighted by Gasteiger charge is 2.46. The second-order valence-electron chi connectivity index (χ2n) is 5.12. The number of fused-ring (bicyclic) bond motifs is 2. The normalized spacial score (nSPS) is 38.0. The van der Waals surface area contributed by atoms with E-state index in [-0.39, 0.29) is 12.1 Å². The highest BCUT2D eigenvalue weighted by molar-refractivity contribution is 5.87. The first-order valence-corrected chi connectivity index (χ1v) is 5.98. The standard InChI is InChI=1S/C13H20O2/c1-4-9-5-11-6-10(9)7-12(11)15-13(14)8(2)3/h9-12H,2,4-7H2,1,3H3. The van der Waals surface area contributed by atoms with Gasteiger partial charge in [-0.25, -0.2) is 4.79 Å². The van der Waals surface area contributed by atoms with Gasteiger partial charge in [0, 0.05) is 5.57 Å². The summed E-state index contributed by atoms with van der Waals surface area (Å²) >= 11 is 0. The second-order valence-corrected chi connectivity index (χ2v) is 5.12. The summed E-state index contributed by atoms with van der Waals surface area (Å²) < 4.78 is 5.46. The van der Waals surface area contributed by atoms with Crippen LogP contribution in [0.5, 0.6) is 0 Å². The molecule has 2 fully saturated rings. The van der Waals surface area contributed by atoms with Crippen LogP contribution in [0.1, 0.15) is 39.5 Å². The van der Waals surface area contributed by atoms with Gasteiger partial charge in [0.25, 0.3) is 0 Å². The zero-order valence-corrected chi connectivity index (χ0v) is 9.66. The van der Waals surface area contributed by atoms with Crippen LogP contribution in [-0.4, -0.2) is 12.1 Å². The molecule has 0 saturated heterocycles. The van der Waals surface area contributed by atoms with E-state index < -0.39 is 0 Å². The van der Waals surface area contributed by atoms with Crippen LogP contribution < -0.4 is 0 Å². The zero-order valence-electron chi connectivity index (χ0n) is 9.66. The van der Waals surface area contributed by atoms with Gasteiger partial charge >= 0.3 is 5.97 Å². The molecule has 0 aromatic carbocycles. The van der Waals surface area contributed by atoms with Gasteiger partial charge in [0.15, 0.2) is 0 Å². The number of carbonyl (C=O) groups excluding carboxylic acids is 1. The summed E-state index contributed by atoms with van der Waals surface area (Å²) in [5, 5.41) is 0. The molecule has 0 amide bonds. The van der Waals surface area contributed by atoms with Gasteiger partial charge in [-0.2, -0.15) is 0 Å². The Bertz CT molecular complexity index is 282. The molecular weight excluding hydrogens is 188 g/mol. The lowest BCUT2D eigenvalue weighted by Gasteiger charge is -2.27. The Morgan fingerprint density at radius 2 is 2.07 bits per heavy atom. The van der Waals surface area contributed by atoms with Gasteiger partial charge in [-0.3, -0.25) is 0 Å². The summed E-state index contributed by atoms with van der Waals surface area (Å²) in [5.74, 6) is 2.11. The molecule has 15 heavy (non-hydrogen) atoms. The van der Waals surface area contributed by atoms with Gasteiger partial charge in [-0.05, 0) is 43.9 Å². The van der Waals surface area contributed by atoms with E-state index in [1.165, 1.54) is 19.3 Å². The van der Waals surface area contributed by atoms with Crippen molar-refractivity contribution in [1.82, 2.24) is 0 Å². The molecule has 2 heteroatoms. The molecule has 0 radical (unpaired) electrons. The molecule has 0 N–H and O–H groups in total. The third kappa shape index (κ3) is 1.95. The van der Waals surface area contributed by atoms with E-state index in [1.54, 1.807) is 6.92 Å². The Hall–Kier alpha value is -0.790. The van der Waals surface area contributed by atoms with Crippen LogP contribution >= 0.6 is 0 Å². The molecule has 2 aliphatic carbocycles. The Labute approximate surface area is 91.7 Å². The number of carbonyl (C=O) groups is 1. The molecule has 84 valence electrons. The zero-order chi connectivity index (χ0) is 11.0. The first-order valence-electron chi connectivity index (χ1n) is 5.98. The Balaban J connectivity index is 1.89. The lowest BCUT2D eigenvalue weighted by atomic mass is 9.85. The van der Waals surface area contributed by atoms with Crippen LogP contribution in [-0.2, 0) is 9.53 Å². The van der Waals surface area contributed by atoms with Crippen LogP contribution in [0.4, 0.5) is 0 Å². The van der Waals surface area contributed by atoms with E-state index in [9.17, 15) is 4.79 Å². The lowest BCUT2D eigenvalue weighted by Crippen LogP contribution is -2.27. The van der Waals surface area contributed by atoms with Crippen LogP contribution in [0.25, 0.3) is 0 Å². The van der Waals surface area contributed by atoms with E-state index in [0.29, 0.717) is 11.5 Å². The van der Waals surface area contributed by atoms with Gasteiger partial charge in [0.2, 0.25) is 0 Å². The predicted molar refractivity (Wildman–Crippen MR) is 59.3 cm³/mol. The number of esters is 1. The first-order chi connectivity index (χ1) is 7.11. The summed E-state index contributed by atoms with van der Waals surface area (Å²) in [4.78, 5) is 11.4. The minimum Gasteiger partial charge on any atom is -0.459 e. The van der Waals surface area contributed by atoms with E-state index in [4.69, 9.17) is 4.74 Å². The Kier molecular flexibility index (Phi) is 2.85. The maximum atomic E-state index is 11.4. The third-order valence-corrected chi connectivity index (χ3v) is 4.07. The summed E-state index contributed by atoms with van der Waals surface area (Å²) in [6.07, 6.45) is 5.08. The molecule has 2 saturated carbocycles. The van der Waals surface area contributed by atoms with Crippen LogP contribution in [0.15, 0.2) is 12.2 Å². The van der Waals surface area contributed by atoms with Crippen molar-refractivity contribution in [2.75, 3.05) is 0 Å². The van der Waals surface area contributed by atoms with Crippen molar-refractivity contribution >= 4 is 5.97 Å². The van der Waals surface area contributed by atoms with E-state index in [1.807, 2.05) is 0 Å². The van der Waals surface area contributed by atoms with E-state index >= 15 is 0 Å². The van der Waals surface area contributed by atoms with Crippen LogP contribution in [0, 0.1) is 17.8 Å². The molecule has 0 spiro atoms. The number of ether oxygens (including phenoxy) is 1. The summed E-state index contributed by atoms with van der Waals surface area (Å²) in [6, 6.07) is 0. The number of rotatable bonds is 3. The van der Waals surface area contributed by atoms with Crippen molar-refractivity contribution in [1.29, 1.82) is 0 Å². The molecule has 0 aromatic rings. The van der Waals surface area contributed by atoms with Crippen molar-refractivity contribution in [2.45, 2.75) is 45.6 Å².